The minimum Gasteiger partial charge on any atom is -0.398 e. The second kappa shape index (κ2) is 5.22. The number of hydrogen-bond donors (Lipinski definition) is 3. The minimum atomic E-state index is -0.457. The molecule has 0 heterocycles. The molecular weight excluding hydrogens is 234 g/mol. The Balaban J connectivity index is 1.98. The monoisotopic (exact) mass is 251 g/mol. The molecule has 0 amide bonds. The van der Waals surface area contributed by atoms with Gasteiger partial charge in [-0.3, -0.25) is 10.1 Å². The smallest absolute Gasteiger partial charge is 0.273 e. The molecule has 1 aromatic rings. The molecule has 1 aromatic carbocycles. The van der Waals surface area contributed by atoms with Crippen LogP contribution in [0.15, 0.2) is 18.2 Å². The zero-order chi connectivity index (χ0) is 13.1. The van der Waals surface area contributed by atoms with E-state index < -0.39 is 4.92 Å². The van der Waals surface area contributed by atoms with E-state index in [9.17, 15) is 15.2 Å². The van der Waals surface area contributed by atoms with Crippen LogP contribution in [0.3, 0.4) is 0 Å². The number of non-ortho nitro benzene ring substituents is 1. The molecule has 1 aliphatic rings. The van der Waals surface area contributed by atoms with Gasteiger partial charge in [-0.25, -0.2) is 0 Å². The second-order valence-electron chi connectivity index (χ2n) is 4.78. The van der Waals surface area contributed by atoms with Crippen LogP contribution in [0, 0.1) is 16.0 Å². The Morgan fingerprint density at radius 2 is 2.22 bits per heavy atom. The van der Waals surface area contributed by atoms with E-state index in [2.05, 4.69) is 5.32 Å². The first-order valence-electron chi connectivity index (χ1n) is 6.01. The number of aliphatic hydroxyl groups excluding tert-OH is 1. The molecule has 4 N–H and O–H groups in total. The van der Waals surface area contributed by atoms with Crippen LogP contribution >= 0.6 is 0 Å². The number of nitro benzene ring substituents is 1. The fourth-order valence-corrected chi connectivity index (χ4v) is 2.34. The minimum absolute atomic E-state index is 0.0102. The van der Waals surface area contributed by atoms with Crippen LogP contribution in [0.5, 0.6) is 0 Å². The Labute approximate surface area is 105 Å². The summed E-state index contributed by atoms with van der Waals surface area (Å²) in [5.74, 6) is 0.417. The number of nitro groups is 1. The van der Waals surface area contributed by atoms with E-state index >= 15 is 0 Å². The highest BCUT2D eigenvalue weighted by Crippen LogP contribution is 2.27. The van der Waals surface area contributed by atoms with E-state index in [1.807, 2.05) is 0 Å². The molecule has 2 rings (SSSR count). The van der Waals surface area contributed by atoms with Gasteiger partial charge in [0, 0.05) is 30.1 Å². The van der Waals surface area contributed by atoms with Gasteiger partial charge in [-0.05, 0) is 31.2 Å². The van der Waals surface area contributed by atoms with Crippen LogP contribution in [0.1, 0.15) is 19.3 Å². The molecule has 0 saturated heterocycles. The lowest BCUT2D eigenvalue weighted by Crippen LogP contribution is -2.12. The summed E-state index contributed by atoms with van der Waals surface area (Å²) in [5, 5.41) is 23.3. The maximum absolute atomic E-state index is 10.7. The van der Waals surface area contributed by atoms with Crippen LogP contribution in [-0.4, -0.2) is 22.7 Å². The molecule has 1 saturated carbocycles. The average Bonchev–Trinajstić information content (AvgIpc) is 2.72. The third kappa shape index (κ3) is 3.10. The third-order valence-corrected chi connectivity index (χ3v) is 3.26. The summed E-state index contributed by atoms with van der Waals surface area (Å²) in [6, 6.07) is 4.49. The number of nitrogen functional groups attached to an aromatic ring is 1. The number of nitrogens with zero attached hydrogens (tertiary/aromatic N) is 1. The van der Waals surface area contributed by atoms with Crippen molar-refractivity contribution in [3.63, 3.8) is 0 Å². The number of anilines is 2. The first kappa shape index (κ1) is 12.6. The summed E-state index contributed by atoms with van der Waals surface area (Å²) in [4.78, 5) is 10.2. The molecule has 6 nitrogen and oxygen atoms in total. The standard InChI is InChI=1S/C12H17N3O3/c13-9-4-10(6-11(5-9)15(17)18)14-7-8-1-2-12(16)3-8/h4-6,8,12,14,16H,1-3,7,13H2. The third-order valence-electron chi connectivity index (χ3n) is 3.26. The Morgan fingerprint density at radius 3 is 2.83 bits per heavy atom. The van der Waals surface area contributed by atoms with E-state index in [0.29, 0.717) is 23.8 Å². The molecule has 0 bridgehead atoms. The number of nitrogens with two attached hydrogens (primary N) is 1. The van der Waals surface area contributed by atoms with Crippen molar-refractivity contribution in [2.24, 2.45) is 5.92 Å². The van der Waals surface area contributed by atoms with Crippen molar-refractivity contribution in [2.75, 3.05) is 17.6 Å². The highest BCUT2D eigenvalue weighted by atomic mass is 16.6. The molecule has 1 fully saturated rings. The van der Waals surface area contributed by atoms with Gasteiger partial charge >= 0.3 is 0 Å². The molecule has 2 atom stereocenters. The zero-order valence-corrected chi connectivity index (χ0v) is 10.0. The van der Waals surface area contributed by atoms with Gasteiger partial charge in [0.25, 0.3) is 5.69 Å². The van der Waals surface area contributed by atoms with Gasteiger partial charge in [0.2, 0.25) is 0 Å². The van der Waals surface area contributed by atoms with Crippen molar-refractivity contribution in [2.45, 2.75) is 25.4 Å². The normalized spacial score (nSPS) is 22.9. The van der Waals surface area contributed by atoms with E-state index in [1.165, 1.54) is 12.1 Å². The quantitative estimate of drug-likeness (QED) is 0.430. The van der Waals surface area contributed by atoms with Gasteiger partial charge in [-0.15, -0.1) is 0 Å². The molecule has 98 valence electrons. The van der Waals surface area contributed by atoms with Crippen molar-refractivity contribution >= 4 is 17.1 Å². The van der Waals surface area contributed by atoms with Gasteiger partial charge < -0.3 is 16.2 Å². The van der Waals surface area contributed by atoms with E-state index in [4.69, 9.17) is 5.73 Å². The molecule has 1 aliphatic carbocycles. The zero-order valence-electron chi connectivity index (χ0n) is 10.0. The summed E-state index contributed by atoms with van der Waals surface area (Å²) in [5.41, 5.74) is 6.64. The van der Waals surface area contributed by atoms with Crippen molar-refractivity contribution in [3.05, 3.63) is 28.3 Å². The van der Waals surface area contributed by atoms with Crippen LogP contribution in [0.25, 0.3) is 0 Å². The highest BCUT2D eigenvalue weighted by Gasteiger charge is 2.22. The molecule has 0 radical (unpaired) electrons. The van der Waals surface area contributed by atoms with E-state index in [0.717, 1.165) is 19.3 Å². The Kier molecular flexibility index (Phi) is 3.66. The number of hydrogen-bond acceptors (Lipinski definition) is 5. The first-order valence-corrected chi connectivity index (χ1v) is 6.01. The molecule has 0 aromatic heterocycles. The van der Waals surface area contributed by atoms with Crippen LogP contribution in [0.2, 0.25) is 0 Å². The lowest BCUT2D eigenvalue weighted by Gasteiger charge is -2.12. The molecule has 18 heavy (non-hydrogen) atoms. The Hall–Kier alpha value is -1.82. The molecule has 2 unspecified atom stereocenters. The van der Waals surface area contributed by atoms with Gasteiger partial charge in [0.05, 0.1) is 11.0 Å². The maximum atomic E-state index is 10.7. The topological polar surface area (TPSA) is 101 Å². The largest absolute Gasteiger partial charge is 0.398 e. The number of nitrogens with one attached hydrogen (secondary N) is 1. The molecule has 6 heteroatoms. The van der Waals surface area contributed by atoms with Gasteiger partial charge in [0.15, 0.2) is 0 Å². The van der Waals surface area contributed by atoms with Crippen LogP contribution in [0.4, 0.5) is 17.1 Å². The summed E-state index contributed by atoms with van der Waals surface area (Å²) in [6.45, 7) is 0.706. The number of rotatable bonds is 4. The fraction of sp³-hybridized carbons (Fsp3) is 0.500. The summed E-state index contributed by atoms with van der Waals surface area (Å²) in [7, 11) is 0. The van der Waals surface area contributed by atoms with Crippen molar-refractivity contribution < 1.29 is 10.0 Å². The maximum Gasteiger partial charge on any atom is 0.273 e. The first-order chi connectivity index (χ1) is 8.54. The summed E-state index contributed by atoms with van der Waals surface area (Å²) < 4.78 is 0. The predicted molar refractivity (Wildman–Crippen MR) is 69.3 cm³/mol. The van der Waals surface area contributed by atoms with Crippen LogP contribution < -0.4 is 11.1 Å². The molecule has 0 spiro atoms. The van der Waals surface area contributed by atoms with Gasteiger partial charge in [0.1, 0.15) is 0 Å². The van der Waals surface area contributed by atoms with Gasteiger partial charge in [-0.1, -0.05) is 0 Å². The van der Waals surface area contributed by atoms with Gasteiger partial charge in [-0.2, -0.15) is 0 Å². The SMILES string of the molecule is Nc1cc(NCC2CCC(O)C2)cc([N+](=O)[O-])c1. The average molecular weight is 251 g/mol. The van der Waals surface area contributed by atoms with E-state index in [-0.39, 0.29) is 11.8 Å². The summed E-state index contributed by atoms with van der Waals surface area (Å²) in [6.07, 6.45) is 2.41. The van der Waals surface area contributed by atoms with Crippen LogP contribution in [-0.2, 0) is 0 Å². The summed E-state index contributed by atoms with van der Waals surface area (Å²) >= 11 is 0. The Morgan fingerprint density at radius 1 is 1.44 bits per heavy atom. The Bertz CT molecular complexity index is 450. The van der Waals surface area contributed by atoms with Crippen molar-refractivity contribution in [1.29, 1.82) is 0 Å². The second-order valence-corrected chi connectivity index (χ2v) is 4.78. The van der Waals surface area contributed by atoms with E-state index in [1.54, 1.807) is 6.07 Å². The lowest BCUT2D eigenvalue weighted by atomic mass is 10.1. The van der Waals surface area contributed by atoms with Crippen molar-refractivity contribution in [3.8, 4) is 0 Å². The predicted octanol–water partition coefficient (Wildman–Crippen LogP) is 1.75. The highest BCUT2D eigenvalue weighted by molar-refractivity contribution is 5.61. The molecule has 0 aliphatic heterocycles. The number of benzene rings is 1. The molecular formula is C12H17N3O3. The fourth-order valence-electron chi connectivity index (χ4n) is 2.34. The van der Waals surface area contributed by atoms with Crippen molar-refractivity contribution in [1.82, 2.24) is 0 Å². The number of aliphatic hydroxyl groups is 1. The lowest BCUT2D eigenvalue weighted by molar-refractivity contribution is -0.384.